The summed E-state index contributed by atoms with van der Waals surface area (Å²) in [4.78, 5) is 19.8. The number of carbonyl (C=O) groups is 1. The van der Waals surface area contributed by atoms with Gasteiger partial charge in [-0.2, -0.15) is 4.98 Å². The predicted molar refractivity (Wildman–Crippen MR) is 76.0 cm³/mol. The molecule has 0 unspecified atom stereocenters. The standard InChI is InChI=1S/C14H16N4O2/c1-3-16-14-17-9(2)8-12(18-14)20-11-7-5-4-6-10(11)13(15)19/h4-8H,3H2,1-2H3,(H2,15,19)(H,16,17,18). The quantitative estimate of drug-likeness (QED) is 0.870. The molecule has 0 radical (unpaired) electrons. The molecule has 0 saturated heterocycles. The SMILES string of the molecule is CCNc1nc(C)cc(Oc2ccccc2C(N)=O)n1. The fraction of sp³-hybridized carbons (Fsp3) is 0.214. The lowest BCUT2D eigenvalue weighted by Gasteiger charge is -2.10. The molecule has 1 aromatic carbocycles. The van der Waals surface area contributed by atoms with Crippen LogP contribution in [0.15, 0.2) is 30.3 Å². The van der Waals surface area contributed by atoms with Gasteiger partial charge in [-0.25, -0.2) is 4.98 Å². The third-order valence-electron chi connectivity index (χ3n) is 2.53. The first-order valence-electron chi connectivity index (χ1n) is 6.26. The molecule has 0 spiro atoms. The molecule has 1 amide bonds. The number of nitrogens with zero attached hydrogens (tertiary/aromatic N) is 2. The van der Waals surface area contributed by atoms with Crippen molar-refractivity contribution in [2.75, 3.05) is 11.9 Å². The second-order valence-corrected chi connectivity index (χ2v) is 4.16. The second-order valence-electron chi connectivity index (χ2n) is 4.16. The van der Waals surface area contributed by atoms with Crippen LogP contribution in [0.2, 0.25) is 0 Å². The van der Waals surface area contributed by atoms with Gasteiger partial charge in [0.2, 0.25) is 11.8 Å². The van der Waals surface area contributed by atoms with Gasteiger partial charge < -0.3 is 15.8 Å². The summed E-state index contributed by atoms with van der Waals surface area (Å²) >= 11 is 0. The van der Waals surface area contributed by atoms with Gasteiger partial charge in [0.1, 0.15) is 5.75 Å². The molecule has 3 N–H and O–H groups in total. The fourth-order valence-corrected chi connectivity index (χ4v) is 1.70. The number of primary amides is 1. The Bertz CT molecular complexity index is 628. The van der Waals surface area contributed by atoms with Crippen LogP contribution in [0.3, 0.4) is 0 Å². The Kier molecular flexibility index (Phi) is 4.14. The number of anilines is 1. The number of hydrogen-bond donors (Lipinski definition) is 2. The first-order valence-corrected chi connectivity index (χ1v) is 6.26. The zero-order chi connectivity index (χ0) is 14.5. The minimum absolute atomic E-state index is 0.314. The van der Waals surface area contributed by atoms with Crippen molar-refractivity contribution in [2.24, 2.45) is 5.73 Å². The summed E-state index contributed by atoms with van der Waals surface area (Å²) in [7, 11) is 0. The third kappa shape index (κ3) is 3.23. The number of nitrogens with one attached hydrogen (secondary N) is 1. The summed E-state index contributed by atoms with van der Waals surface area (Å²) in [6.45, 7) is 4.50. The Morgan fingerprint density at radius 2 is 2.10 bits per heavy atom. The van der Waals surface area contributed by atoms with E-state index in [9.17, 15) is 4.79 Å². The average molecular weight is 272 g/mol. The Balaban J connectivity index is 2.32. The highest BCUT2D eigenvalue weighted by Crippen LogP contribution is 2.24. The smallest absolute Gasteiger partial charge is 0.252 e. The Morgan fingerprint density at radius 1 is 1.35 bits per heavy atom. The van der Waals surface area contributed by atoms with Crippen molar-refractivity contribution in [3.8, 4) is 11.6 Å². The molecule has 20 heavy (non-hydrogen) atoms. The summed E-state index contributed by atoms with van der Waals surface area (Å²) in [6, 6.07) is 8.46. The highest BCUT2D eigenvalue weighted by Gasteiger charge is 2.11. The zero-order valence-electron chi connectivity index (χ0n) is 11.4. The van der Waals surface area contributed by atoms with Gasteiger partial charge in [-0.15, -0.1) is 0 Å². The van der Waals surface area contributed by atoms with Crippen molar-refractivity contribution >= 4 is 11.9 Å². The maximum absolute atomic E-state index is 11.3. The first kappa shape index (κ1) is 13.8. The molecule has 1 aromatic heterocycles. The molecule has 0 saturated carbocycles. The van der Waals surface area contributed by atoms with E-state index in [1.54, 1.807) is 30.3 Å². The molecule has 0 fully saturated rings. The molecular weight excluding hydrogens is 256 g/mol. The van der Waals surface area contributed by atoms with Crippen molar-refractivity contribution < 1.29 is 9.53 Å². The number of rotatable bonds is 5. The monoisotopic (exact) mass is 272 g/mol. The van der Waals surface area contributed by atoms with Crippen molar-refractivity contribution in [3.63, 3.8) is 0 Å². The van der Waals surface area contributed by atoms with Crippen LogP contribution in [0.4, 0.5) is 5.95 Å². The molecule has 1 heterocycles. The highest BCUT2D eigenvalue weighted by atomic mass is 16.5. The van der Waals surface area contributed by atoms with Crippen molar-refractivity contribution in [3.05, 3.63) is 41.6 Å². The summed E-state index contributed by atoms with van der Waals surface area (Å²) in [5.41, 5.74) is 6.39. The number of benzene rings is 1. The van der Waals surface area contributed by atoms with Crippen LogP contribution < -0.4 is 15.8 Å². The molecule has 0 atom stereocenters. The minimum Gasteiger partial charge on any atom is -0.438 e. The number of para-hydroxylation sites is 1. The molecule has 0 aliphatic carbocycles. The number of carbonyl (C=O) groups excluding carboxylic acids is 1. The molecule has 0 aliphatic heterocycles. The van der Waals surface area contributed by atoms with Gasteiger partial charge >= 0.3 is 0 Å². The molecule has 104 valence electrons. The maximum atomic E-state index is 11.3. The van der Waals surface area contributed by atoms with Crippen molar-refractivity contribution in [1.82, 2.24) is 9.97 Å². The molecule has 0 bridgehead atoms. The Hall–Kier alpha value is -2.63. The van der Waals surface area contributed by atoms with Crippen LogP contribution in [0.1, 0.15) is 23.0 Å². The van der Waals surface area contributed by atoms with Crippen LogP contribution in [0.5, 0.6) is 11.6 Å². The Morgan fingerprint density at radius 3 is 2.80 bits per heavy atom. The van der Waals surface area contributed by atoms with Crippen molar-refractivity contribution in [1.29, 1.82) is 0 Å². The highest BCUT2D eigenvalue weighted by molar-refractivity contribution is 5.95. The van der Waals surface area contributed by atoms with Crippen LogP contribution in [0, 0.1) is 6.92 Å². The normalized spacial score (nSPS) is 10.1. The lowest BCUT2D eigenvalue weighted by atomic mass is 10.2. The van der Waals surface area contributed by atoms with E-state index in [4.69, 9.17) is 10.5 Å². The van der Waals surface area contributed by atoms with E-state index in [0.29, 0.717) is 29.7 Å². The number of aryl methyl sites for hydroxylation is 1. The van der Waals surface area contributed by atoms with E-state index in [2.05, 4.69) is 15.3 Å². The first-order chi connectivity index (χ1) is 9.60. The van der Waals surface area contributed by atoms with Crippen LogP contribution in [-0.4, -0.2) is 22.4 Å². The van der Waals surface area contributed by atoms with E-state index in [-0.39, 0.29) is 0 Å². The van der Waals surface area contributed by atoms with E-state index in [0.717, 1.165) is 5.69 Å². The average Bonchev–Trinajstić information content (AvgIpc) is 2.38. The molecule has 0 aliphatic rings. The van der Waals surface area contributed by atoms with Gasteiger partial charge in [0.25, 0.3) is 5.91 Å². The largest absolute Gasteiger partial charge is 0.438 e. The molecule has 2 rings (SSSR count). The molecular formula is C14H16N4O2. The van der Waals surface area contributed by atoms with E-state index < -0.39 is 5.91 Å². The summed E-state index contributed by atoms with van der Waals surface area (Å²) < 4.78 is 5.65. The van der Waals surface area contributed by atoms with Gasteiger partial charge in [0, 0.05) is 18.3 Å². The number of nitrogens with two attached hydrogens (primary N) is 1. The predicted octanol–water partition coefficient (Wildman–Crippen LogP) is 2.11. The molecule has 6 heteroatoms. The number of amides is 1. The molecule has 2 aromatic rings. The van der Waals surface area contributed by atoms with Crippen molar-refractivity contribution in [2.45, 2.75) is 13.8 Å². The zero-order valence-corrected chi connectivity index (χ0v) is 11.4. The van der Waals surface area contributed by atoms with E-state index >= 15 is 0 Å². The van der Waals surface area contributed by atoms with Gasteiger partial charge in [-0.3, -0.25) is 4.79 Å². The summed E-state index contributed by atoms with van der Waals surface area (Å²) in [6.07, 6.45) is 0. The lowest BCUT2D eigenvalue weighted by Crippen LogP contribution is -2.12. The van der Waals surface area contributed by atoms with Gasteiger partial charge in [0.15, 0.2) is 0 Å². The number of ether oxygens (including phenoxy) is 1. The molecule has 6 nitrogen and oxygen atoms in total. The number of aromatic nitrogens is 2. The summed E-state index contributed by atoms with van der Waals surface area (Å²) in [5, 5.41) is 3.02. The van der Waals surface area contributed by atoms with Crippen LogP contribution in [-0.2, 0) is 0 Å². The van der Waals surface area contributed by atoms with Gasteiger partial charge in [0.05, 0.1) is 5.56 Å². The van der Waals surface area contributed by atoms with Crippen LogP contribution >= 0.6 is 0 Å². The van der Waals surface area contributed by atoms with E-state index in [1.807, 2.05) is 13.8 Å². The third-order valence-corrected chi connectivity index (χ3v) is 2.53. The maximum Gasteiger partial charge on any atom is 0.252 e. The lowest BCUT2D eigenvalue weighted by molar-refractivity contribution is 0.0998. The number of hydrogen-bond acceptors (Lipinski definition) is 5. The topological polar surface area (TPSA) is 90.1 Å². The fourth-order valence-electron chi connectivity index (χ4n) is 1.70. The second kappa shape index (κ2) is 6.01. The Labute approximate surface area is 117 Å². The van der Waals surface area contributed by atoms with Gasteiger partial charge in [-0.05, 0) is 26.0 Å². The summed E-state index contributed by atoms with van der Waals surface area (Å²) in [5.74, 6) is 0.681. The van der Waals surface area contributed by atoms with E-state index in [1.165, 1.54) is 0 Å². The van der Waals surface area contributed by atoms with Crippen LogP contribution in [0.25, 0.3) is 0 Å². The minimum atomic E-state index is -0.543. The van der Waals surface area contributed by atoms with Gasteiger partial charge in [-0.1, -0.05) is 12.1 Å².